The van der Waals surface area contributed by atoms with Gasteiger partial charge >= 0.3 is 0 Å². The highest BCUT2D eigenvalue weighted by atomic mass is 35.5. The van der Waals surface area contributed by atoms with Crippen LogP contribution in [0.15, 0.2) is 18.2 Å². The molecule has 0 unspecified atom stereocenters. The predicted molar refractivity (Wildman–Crippen MR) is 70.6 cm³/mol. The van der Waals surface area contributed by atoms with E-state index in [2.05, 4.69) is 5.32 Å². The van der Waals surface area contributed by atoms with Crippen molar-refractivity contribution >= 4 is 23.2 Å². The Labute approximate surface area is 107 Å². The summed E-state index contributed by atoms with van der Waals surface area (Å²) in [6.07, 6.45) is 0. The Morgan fingerprint density at radius 1 is 1.47 bits per heavy atom. The number of benzene rings is 1. The molecule has 1 aromatic rings. The van der Waals surface area contributed by atoms with Crippen LogP contribution < -0.4 is 10.1 Å². The Hall–Kier alpha value is -1.22. The molecule has 0 heterocycles. The molecule has 0 atom stereocenters. The molecule has 4 heteroatoms. The zero-order chi connectivity index (χ0) is 12.8. The number of nitrogens with one attached hydrogen (secondary N) is 1. The third-order valence-corrected chi connectivity index (χ3v) is 2.58. The van der Waals surface area contributed by atoms with E-state index in [1.807, 2.05) is 39.0 Å². The Morgan fingerprint density at radius 3 is 2.71 bits per heavy atom. The molecule has 94 valence electrons. The van der Waals surface area contributed by atoms with Gasteiger partial charge in [0.25, 0.3) is 0 Å². The Bertz CT molecular complexity index is 391. The standard InChI is InChI=1S/C13H18ClNO2/c1-4-17-12-6-5-11(7-10(12)8-14)15-13(16)9(2)3/h5-7,9H,4,8H2,1-3H3,(H,15,16). The number of carbonyl (C=O) groups excluding carboxylic acids is 1. The molecule has 0 saturated heterocycles. The Kier molecular flexibility index (Phi) is 5.29. The van der Waals surface area contributed by atoms with Gasteiger partial charge in [0.1, 0.15) is 5.75 Å². The first kappa shape index (κ1) is 13.8. The summed E-state index contributed by atoms with van der Waals surface area (Å²) in [6.45, 7) is 6.23. The van der Waals surface area contributed by atoms with Gasteiger partial charge in [-0.25, -0.2) is 0 Å². The van der Waals surface area contributed by atoms with Gasteiger partial charge in [-0.3, -0.25) is 4.79 Å². The first-order valence-corrected chi connectivity index (χ1v) is 6.24. The number of ether oxygens (including phenoxy) is 1. The van der Waals surface area contributed by atoms with Crippen LogP contribution in [0.4, 0.5) is 5.69 Å². The molecule has 0 aliphatic heterocycles. The average Bonchev–Trinajstić information content (AvgIpc) is 2.31. The van der Waals surface area contributed by atoms with Gasteiger partial charge in [0.15, 0.2) is 0 Å². The maximum atomic E-state index is 11.5. The van der Waals surface area contributed by atoms with Gasteiger partial charge < -0.3 is 10.1 Å². The number of hydrogen-bond acceptors (Lipinski definition) is 2. The van der Waals surface area contributed by atoms with Crippen LogP contribution in [0, 0.1) is 5.92 Å². The molecule has 0 fully saturated rings. The van der Waals surface area contributed by atoms with Crippen LogP contribution in [0.5, 0.6) is 5.75 Å². The van der Waals surface area contributed by atoms with Gasteiger partial charge in [0.05, 0.1) is 12.5 Å². The zero-order valence-electron chi connectivity index (χ0n) is 10.4. The maximum absolute atomic E-state index is 11.5. The highest BCUT2D eigenvalue weighted by Gasteiger charge is 2.09. The largest absolute Gasteiger partial charge is 0.494 e. The molecule has 1 amide bonds. The summed E-state index contributed by atoms with van der Waals surface area (Å²) in [6, 6.07) is 5.50. The quantitative estimate of drug-likeness (QED) is 0.819. The lowest BCUT2D eigenvalue weighted by Crippen LogP contribution is -2.17. The number of amides is 1. The molecule has 1 rings (SSSR count). The second kappa shape index (κ2) is 6.50. The summed E-state index contributed by atoms with van der Waals surface area (Å²) < 4.78 is 5.44. The Balaban J connectivity index is 2.85. The molecule has 0 saturated carbocycles. The molecule has 3 nitrogen and oxygen atoms in total. The minimum Gasteiger partial charge on any atom is -0.494 e. The number of rotatable bonds is 5. The van der Waals surface area contributed by atoms with Gasteiger partial charge in [-0.15, -0.1) is 11.6 Å². The fourth-order valence-electron chi connectivity index (χ4n) is 1.34. The fraction of sp³-hybridized carbons (Fsp3) is 0.462. The molecule has 1 aromatic carbocycles. The topological polar surface area (TPSA) is 38.3 Å². The van der Waals surface area contributed by atoms with Crippen molar-refractivity contribution in [3.8, 4) is 5.75 Å². The number of alkyl halides is 1. The van der Waals surface area contributed by atoms with Gasteiger partial charge in [-0.1, -0.05) is 13.8 Å². The van der Waals surface area contributed by atoms with Crippen molar-refractivity contribution < 1.29 is 9.53 Å². The van der Waals surface area contributed by atoms with Crippen LogP contribution in [0.2, 0.25) is 0 Å². The van der Waals surface area contributed by atoms with E-state index in [9.17, 15) is 4.79 Å². The lowest BCUT2D eigenvalue weighted by molar-refractivity contribution is -0.118. The number of halogens is 1. The highest BCUT2D eigenvalue weighted by Crippen LogP contribution is 2.24. The SMILES string of the molecule is CCOc1ccc(NC(=O)C(C)C)cc1CCl. The van der Waals surface area contributed by atoms with Crippen molar-refractivity contribution in [3.05, 3.63) is 23.8 Å². The minimum absolute atomic E-state index is 0.00492. The van der Waals surface area contributed by atoms with E-state index in [1.54, 1.807) is 0 Å². The second-order valence-electron chi connectivity index (χ2n) is 4.03. The molecule has 0 spiro atoms. The van der Waals surface area contributed by atoms with Crippen LogP contribution in [-0.2, 0) is 10.7 Å². The van der Waals surface area contributed by atoms with Crippen molar-refractivity contribution in [1.82, 2.24) is 0 Å². The van der Waals surface area contributed by atoms with E-state index in [-0.39, 0.29) is 11.8 Å². The van der Waals surface area contributed by atoms with Gasteiger partial charge in [-0.2, -0.15) is 0 Å². The van der Waals surface area contributed by atoms with E-state index < -0.39 is 0 Å². The number of carbonyl (C=O) groups is 1. The highest BCUT2D eigenvalue weighted by molar-refractivity contribution is 6.17. The first-order valence-electron chi connectivity index (χ1n) is 5.71. The van der Waals surface area contributed by atoms with E-state index >= 15 is 0 Å². The van der Waals surface area contributed by atoms with Crippen molar-refractivity contribution in [1.29, 1.82) is 0 Å². The van der Waals surface area contributed by atoms with Crippen LogP contribution >= 0.6 is 11.6 Å². The zero-order valence-corrected chi connectivity index (χ0v) is 11.2. The van der Waals surface area contributed by atoms with Gasteiger partial charge in [-0.05, 0) is 25.1 Å². The second-order valence-corrected chi connectivity index (χ2v) is 4.30. The Morgan fingerprint density at radius 2 is 2.18 bits per heavy atom. The van der Waals surface area contributed by atoms with Gasteiger partial charge in [0.2, 0.25) is 5.91 Å². The molecule has 0 aliphatic rings. The van der Waals surface area contributed by atoms with Crippen molar-refractivity contribution in [3.63, 3.8) is 0 Å². The summed E-state index contributed by atoms with van der Waals surface area (Å²) in [5, 5.41) is 2.83. The summed E-state index contributed by atoms with van der Waals surface area (Å²) in [7, 11) is 0. The third-order valence-electron chi connectivity index (χ3n) is 2.30. The van der Waals surface area contributed by atoms with Crippen molar-refractivity contribution in [2.75, 3.05) is 11.9 Å². The smallest absolute Gasteiger partial charge is 0.226 e. The van der Waals surface area contributed by atoms with Crippen LogP contribution in [0.3, 0.4) is 0 Å². The predicted octanol–water partition coefficient (Wildman–Crippen LogP) is 3.42. The molecule has 1 N–H and O–H groups in total. The molecular formula is C13H18ClNO2. The van der Waals surface area contributed by atoms with Crippen LogP contribution in [0.1, 0.15) is 26.3 Å². The summed E-state index contributed by atoms with van der Waals surface area (Å²) >= 11 is 5.85. The maximum Gasteiger partial charge on any atom is 0.226 e. The molecule has 17 heavy (non-hydrogen) atoms. The molecule has 0 aliphatic carbocycles. The lowest BCUT2D eigenvalue weighted by atomic mass is 10.1. The molecule has 0 aromatic heterocycles. The summed E-state index contributed by atoms with van der Waals surface area (Å²) in [4.78, 5) is 11.5. The summed E-state index contributed by atoms with van der Waals surface area (Å²) in [5.74, 6) is 1.08. The van der Waals surface area contributed by atoms with Crippen LogP contribution in [0.25, 0.3) is 0 Å². The normalized spacial score (nSPS) is 10.4. The van der Waals surface area contributed by atoms with E-state index in [0.29, 0.717) is 12.5 Å². The lowest BCUT2D eigenvalue weighted by Gasteiger charge is -2.12. The molecular weight excluding hydrogens is 238 g/mol. The van der Waals surface area contributed by atoms with E-state index in [4.69, 9.17) is 16.3 Å². The number of hydrogen-bond donors (Lipinski definition) is 1. The monoisotopic (exact) mass is 255 g/mol. The van der Waals surface area contributed by atoms with Crippen molar-refractivity contribution in [2.45, 2.75) is 26.7 Å². The molecule has 0 radical (unpaired) electrons. The summed E-state index contributed by atoms with van der Waals surface area (Å²) in [5.41, 5.74) is 1.64. The van der Waals surface area contributed by atoms with E-state index in [1.165, 1.54) is 0 Å². The third kappa shape index (κ3) is 3.93. The van der Waals surface area contributed by atoms with Crippen LogP contribution in [-0.4, -0.2) is 12.5 Å². The van der Waals surface area contributed by atoms with Crippen molar-refractivity contribution in [2.24, 2.45) is 5.92 Å². The minimum atomic E-state index is -0.0407. The van der Waals surface area contributed by atoms with Gasteiger partial charge in [0, 0.05) is 17.2 Å². The number of anilines is 1. The average molecular weight is 256 g/mol. The molecule has 0 bridgehead atoms. The first-order chi connectivity index (χ1) is 8.08. The fourth-order valence-corrected chi connectivity index (χ4v) is 1.55. The van der Waals surface area contributed by atoms with E-state index in [0.717, 1.165) is 17.0 Å².